The summed E-state index contributed by atoms with van der Waals surface area (Å²) in [6.07, 6.45) is 0. The van der Waals surface area contributed by atoms with E-state index in [1.165, 1.54) is 23.5 Å². The molecular formula is C48H38N4O4S2. The van der Waals surface area contributed by atoms with Crippen molar-refractivity contribution in [2.45, 2.75) is 21.6 Å². The van der Waals surface area contributed by atoms with Crippen molar-refractivity contribution in [1.29, 1.82) is 10.5 Å². The van der Waals surface area contributed by atoms with Gasteiger partial charge in [0.15, 0.2) is 0 Å². The lowest BCUT2D eigenvalue weighted by atomic mass is 9.99. The third-order valence-electron chi connectivity index (χ3n) is 9.54. The standard InChI is InChI=1S/C48H38N4O4S2/c1-53-37-17-9-33(10-18-37)41-25-45(35-13-21-39(55-3)22-14-35)51-47(43(41)27-49)57-29-31-5-7-32(8-6-31)30-58-48-44(28-50)42(34-11-19-38(54-2)20-12-34)26-46(52-48)36-15-23-40(56-4)24-16-36/h5-26H,29-30H2,1-4H3. The predicted octanol–water partition coefficient (Wildman–Crippen LogP) is 11.5. The van der Waals surface area contributed by atoms with Crippen LogP contribution in [0.25, 0.3) is 44.8 Å². The summed E-state index contributed by atoms with van der Waals surface area (Å²) < 4.78 is 21.5. The number of hydrogen-bond acceptors (Lipinski definition) is 10. The number of thioether (sulfide) groups is 2. The topological polar surface area (TPSA) is 110 Å². The molecule has 7 rings (SSSR count). The van der Waals surface area contributed by atoms with E-state index in [4.69, 9.17) is 28.9 Å². The molecule has 5 aromatic carbocycles. The Hall–Kier alpha value is -6.72. The molecule has 0 unspecified atom stereocenters. The van der Waals surface area contributed by atoms with Gasteiger partial charge in [-0.2, -0.15) is 10.5 Å². The van der Waals surface area contributed by atoms with Gasteiger partial charge >= 0.3 is 0 Å². The van der Waals surface area contributed by atoms with Gasteiger partial charge < -0.3 is 18.9 Å². The zero-order valence-corrected chi connectivity index (χ0v) is 34.0. The maximum atomic E-state index is 10.4. The summed E-state index contributed by atoms with van der Waals surface area (Å²) in [7, 11) is 6.55. The fraction of sp³-hybridized carbons (Fsp3) is 0.125. The highest BCUT2D eigenvalue weighted by atomic mass is 32.2. The van der Waals surface area contributed by atoms with Crippen molar-refractivity contribution in [1.82, 2.24) is 9.97 Å². The van der Waals surface area contributed by atoms with Crippen LogP contribution in [-0.4, -0.2) is 38.4 Å². The first-order valence-corrected chi connectivity index (χ1v) is 20.2. The van der Waals surface area contributed by atoms with E-state index < -0.39 is 0 Å². The molecule has 0 amide bonds. The molecule has 0 atom stereocenters. The van der Waals surface area contributed by atoms with Gasteiger partial charge in [0.2, 0.25) is 0 Å². The number of benzene rings is 5. The van der Waals surface area contributed by atoms with E-state index >= 15 is 0 Å². The van der Waals surface area contributed by atoms with Gasteiger partial charge in [0.25, 0.3) is 0 Å². The third kappa shape index (κ3) is 8.95. The number of aromatic nitrogens is 2. The molecule has 0 N–H and O–H groups in total. The summed E-state index contributed by atoms with van der Waals surface area (Å²) in [5.41, 5.74) is 9.99. The molecule has 0 fully saturated rings. The summed E-state index contributed by atoms with van der Waals surface area (Å²) in [5.74, 6) is 4.21. The Balaban J connectivity index is 1.14. The maximum absolute atomic E-state index is 10.4. The fourth-order valence-electron chi connectivity index (χ4n) is 6.32. The highest BCUT2D eigenvalue weighted by Crippen LogP contribution is 2.38. The second-order valence-electron chi connectivity index (χ2n) is 13.0. The Morgan fingerprint density at radius 1 is 0.431 bits per heavy atom. The van der Waals surface area contributed by atoms with Gasteiger partial charge in [0, 0.05) is 33.8 Å². The van der Waals surface area contributed by atoms with E-state index in [9.17, 15) is 10.5 Å². The number of nitrogens with zero attached hydrogens (tertiary/aromatic N) is 4. The minimum Gasteiger partial charge on any atom is -0.497 e. The smallest absolute Gasteiger partial charge is 0.118 e. The molecule has 7 aromatic rings. The van der Waals surface area contributed by atoms with Crippen molar-refractivity contribution in [2.24, 2.45) is 0 Å². The summed E-state index contributed by atoms with van der Waals surface area (Å²) >= 11 is 3.06. The van der Waals surface area contributed by atoms with Crippen molar-refractivity contribution in [3.63, 3.8) is 0 Å². The summed E-state index contributed by atoms with van der Waals surface area (Å²) in [5, 5.41) is 22.2. The number of nitriles is 2. The van der Waals surface area contributed by atoms with Gasteiger partial charge in [-0.05, 0) is 107 Å². The van der Waals surface area contributed by atoms with Crippen LogP contribution in [0.1, 0.15) is 22.3 Å². The average Bonchev–Trinajstić information content (AvgIpc) is 3.30. The van der Waals surface area contributed by atoms with Crippen molar-refractivity contribution < 1.29 is 18.9 Å². The maximum Gasteiger partial charge on any atom is 0.118 e. The quantitative estimate of drug-likeness (QED) is 0.0986. The number of ether oxygens (including phenoxy) is 4. The van der Waals surface area contributed by atoms with Gasteiger partial charge in [-0.25, -0.2) is 9.97 Å². The van der Waals surface area contributed by atoms with Crippen LogP contribution in [-0.2, 0) is 11.5 Å². The van der Waals surface area contributed by atoms with E-state index in [1.807, 2.05) is 109 Å². The van der Waals surface area contributed by atoms with Crippen LogP contribution in [0.15, 0.2) is 144 Å². The molecule has 0 aliphatic heterocycles. The van der Waals surface area contributed by atoms with Gasteiger partial charge in [0.05, 0.1) is 51.0 Å². The largest absolute Gasteiger partial charge is 0.497 e. The number of methoxy groups -OCH3 is 4. The van der Waals surface area contributed by atoms with Crippen LogP contribution in [0, 0.1) is 22.7 Å². The molecule has 8 nitrogen and oxygen atoms in total. The van der Waals surface area contributed by atoms with E-state index in [0.717, 1.165) is 78.9 Å². The predicted molar refractivity (Wildman–Crippen MR) is 231 cm³/mol. The summed E-state index contributed by atoms with van der Waals surface area (Å²) in [6.45, 7) is 0. The zero-order valence-electron chi connectivity index (χ0n) is 32.4. The highest BCUT2D eigenvalue weighted by molar-refractivity contribution is 7.98. The molecule has 0 spiro atoms. The molecule has 10 heteroatoms. The first kappa shape index (κ1) is 39.5. The average molecular weight is 799 g/mol. The van der Waals surface area contributed by atoms with Gasteiger partial charge in [-0.3, -0.25) is 0 Å². The second-order valence-corrected chi connectivity index (χ2v) is 14.9. The Bertz CT molecular complexity index is 2420. The molecule has 0 bridgehead atoms. The van der Waals surface area contributed by atoms with Gasteiger partial charge in [-0.15, -0.1) is 23.5 Å². The first-order chi connectivity index (χ1) is 28.4. The SMILES string of the molecule is COc1ccc(-c2cc(-c3ccc(OC)cc3)c(C#N)c(SCc3ccc(CSc4nc(-c5ccc(OC)cc5)cc(-c5ccc(OC)cc5)c4C#N)cc3)n2)cc1. The van der Waals surface area contributed by atoms with E-state index in [2.05, 4.69) is 36.4 Å². The minimum absolute atomic E-state index is 0.520. The zero-order chi connectivity index (χ0) is 40.4. The molecular weight excluding hydrogens is 761 g/mol. The lowest BCUT2D eigenvalue weighted by Gasteiger charge is -2.14. The number of rotatable bonds is 14. The van der Waals surface area contributed by atoms with E-state index in [0.29, 0.717) is 32.7 Å². The van der Waals surface area contributed by atoms with Gasteiger partial charge in [-0.1, -0.05) is 48.5 Å². The van der Waals surface area contributed by atoms with Crippen molar-refractivity contribution in [2.75, 3.05) is 28.4 Å². The normalized spacial score (nSPS) is 10.7. The fourth-order valence-corrected chi connectivity index (χ4v) is 8.24. The third-order valence-corrected chi connectivity index (χ3v) is 11.6. The van der Waals surface area contributed by atoms with Crippen LogP contribution >= 0.6 is 23.5 Å². The summed E-state index contributed by atoms with van der Waals surface area (Å²) in [4.78, 5) is 10.0. The van der Waals surface area contributed by atoms with E-state index in [1.54, 1.807) is 28.4 Å². The Kier molecular flexibility index (Phi) is 12.6. The van der Waals surface area contributed by atoms with Crippen LogP contribution in [0.4, 0.5) is 0 Å². The number of pyridine rings is 2. The molecule has 0 radical (unpaired) electrons. The monoisotopic (exact) mass is 798 g/mol. The number of hydrogen-bond donors (Lipinski definition) is 0. The van der Waals surface area contributed by atoms with Crippen LogP contribution < -0.4 is 18.9 Å². The van der Waals surface area contributed by atoms with Crippen molar-refractivity contribution in [3.8, 4) is 79.9 Å². The first-order valence-electron chi connectivity index (χ1n) is 18.2. The lowest BCUT2D eigenvalue weighted by Crippen LogP contribution is -1.97. The van der Waals surface area contributed by atoms with Crippen molar-refractivity contribution in [3.05, 3.63) is 156 Å². The Morgan fingerprint density at radius 2 is 0.724 bits per heavy atom. The molecule has 0 saturated heterocycles. The van der Waals surface area contributed by atoms with Crippen LogP contribution in [0.3, 0.4) is 0 Å². The molecule has 0 saturated carbocycles. The molecule has 0 aliphatic rings. The van der Waals surface area contributed by atoms with Crippen LogP contribution in [0.5, 0.6) is 23.0 Å². The van der Waals surface area contributed by atoms with Crippen molar-refractivity contribution >= 4 is 23.5 Å². The Labute approximate surface area is 347 Å². The minimum atomic E-state index is 0.520. The molecule has 58 heavy (non-hydrogen) atoms. The second kappa shape index (κ2) is 18.5. The van der Waals surface area contributed by atoms with Gasteiger partial charge in [0.1, 0.15) is 45.2 Å². The van der Waals surface area contributed by atoms with E-state index in [-0.39, 0.29) is 0 Å². The highest BCUT2D eigenvalue weighted by Gasteiger charge is 2.19. The Morgan fingerprint density at radius 3 is 1.00 bits per heavy atom. The molecule has 286 valence electrons. The lowest BCUT2D eigenvalue weighted by molar-refractivity contribution is 0.414. The molecule has 2 heterocycles. The molecule has 2 aromatic heterocycles. The van der Waals surface area contributed by atoms with Crippen LogP contribution in [0.2, 0.25) is 0 Å². The summed E-state index contributed by atoms with van der Waals surface area (Å²) in [6, 6.07) is 48.1. The molecule has 0 aliphatic carbocycles.